The summed E-state index contributed by atoms with van der Waals surface area (Å²) in [6, 6.07) is 23.1. The van der Waals surface area contributed by atoms with Gasteiger partial charge in [0.25, 0.3) is 5.91 Å². The minimum Gasteiger partial charge on any atom is -0.355 e. The second-order valence-corrected chi connectivity index (χ2v) is 6.39. The van der Waals surface area contributed by atoms with Gasteiger partial charge in [-0.15, -0.1) is 0 Å². The lowest BCUT2D eigenvalue weighted by Gasteiger charge is -2.03. The molecular weight excluding hydrogens is 348 g/mol. The molecule has 0 spiro atoms. The highest BCUT2D eigenvalue weighted by atomic mass is 35.5. The first-order chi connectivity index (χ1) is 12.7. The number of benzene rings is 3. The first-order valence-electron chi connectivity index (χ1n) is 8.17. The van der Waals surface area contributed by atoms with E-state index in [9.17, 15) is 4.79 Å². The van der Waals surface area contributed by atoms with Crippen molar-refractivity contribution in [2.45, 2.75) is 6.54 Å². The highest BCUT2D eigenvalue weighted by Gasteiger charge is 2.14. The Kier molecular flexibility index (Phi) is 4.42. The van der Waals surface area contributed by atoms with E-state index < -0.39 is 0 Å². The maximum atomic E-state index is 12.3. The van der Waals surface area contributed by atoms with Crippen LogP contribution in [0.2, 0.25) is 5.02 Å². The molecule has 1 aromatic heterocycles. The predicted molar refractivity (Wildman–Crippen MR) is 102 cm³/mol. The molecule has 26 heavy (non-hydrogen) atoms. The van der Waals surface area contributed by atoms with Gasteiger partial charge in [-0.05, 0) is 34.5 Å². The Balaban J connectivity index is 1.50. The second-order valence-electron chi connectivity index (χ2n) is 5.95. The Hall–Kier alpha value is -3.11. The van der Waals surface area contributed by atoms with Crippen LogP contribution in [0, 0.1) is 0 Å². The first kappa shape index (κ1) is 16.4. The highest BCUT2D eigenvalue weighted by Crippen LogP contribution is 2.25. The summed E-state index contributed by atoms with van der Waals surface area (Å²) in [7, 11) is 0. The number of nitrogens with zero attached hydrogens (tertiary/aromatic N) is 1. The van der Waals surface area contributed by atoms with Crippen LogP contribution in [0.3, 0.4) is 0 Å². The molecule has 0 aliphatic heterocycles. The molecule has 0 bridgehead atoms. The third-order valence-electron chi connectivity index (χ3n) is 4.12. The van der Waals surface area contributed by atoms with Crippen LogP contribution < -0.4 is 5.32 Å². The van der Waals surface area contributed by atoms with Crippen molar-refractivity contribution in [1.29, 1.82) is 0 Å². The van der Waals surface area contributed by atoms with Crippen molar-refractivity contribution in [2.75, 3.05) is 0 Å². The van der Waals surface area contributed by atoms with E-state index in [0.717, 1.165) is 21.9 Å². The van der Waals surface area contributed by atoms with Crippen molar-refractivity contribution in [1.82, 2.24) is 10.5 Å². The standard InChI is InChI=1S/C21H15ClN2O2/c22-18-7-3-4-14(10-18)13-23-21(25)19-12-20(26-24-19)17-9-8-15-5-1-2-6-16(15)11-17/h1-12H,13H2,(H,23,25). The molecule has 3 aromatic carbocycles. The third-order valence-corrected chi connectivity index (χ3v) is 4.35. The van der Waals surface area contributed by atoms with Crippen molar-refractivity contribution in [3.05, 3.63) is 89.1 Å². The molecule has 0 aliphatic carbocycles. The van der Waals surface area contributed by atoms with E-state index in [-0.39, 0.29) is 11.6 Å². The van der Waals surface area contributed by atoms with E-state index >= 15 is 0 Å². The summed E-state index contributed by atoms with van der Waals surface area (Å²) in [4.78, 5) is 12.3. The van der Waals surface area contributed by atoms with Crippen molar-refractivity contribution >= 4 is 28.3 Å². The number of carbonyl (C=O) groups is 1. The third kappa shape index (κ3) is 3.46. The smallest absolute Gasteiger partial charge is 0.273 e. The summed E-state index contributed by atoms with van der Waals surface area (Å²) >= 11 is 5.95. The summed E-state index contributed by atoms with van der Waals surface area (Å²) in [6.45, 7) is 0.373. The van der Waals surface area contributed by atoms with E-state index in [1.54, 1.807) is 12.1 Å². The number of aromatic nitrogens is 1. The van der Waals surface area contributed by atoms with E-state index in [2.05, 4.69) is 10.5 Å². The summed E-state index contributed by atoms with van der Waals surface area (Å²) in [6.07, 6.45) is 0. The molecule has 0 aliphatic rings. The summed E-state index contributed by atoms with van der Waals surface area (Å²) in [5.41, 5.74) is 2.05. The molecule has 4 rings (SSSR count). The highest BCUT2D eigenvalue weighted by molar-refractivity contribution is 6.30. The van der Waals surface area contributed by atoms with Crippen LogP contribution in [0.1, 0.15) is 16.1 Å². The van der Waals surface area contributed by atoms with Gasteiger partial charge in [-0.3, -0.25) is 4.79 Å². The predicted octanol–water partition coefficient (Wildman–Crippen LogP) is 5.08. The fourth-order valence-corrected chi connectivity index (χ4v) is 2.99. The van der Waals surface area contributed by atoms with Gasteiger partial charge in [-0.2, -0.15) is 0 Å². The fourth-order valence-electron chi connectivity index (χ4n) is 2.78. The van der Waals surface area contributed by atoms with Gasteiger partial charge in [0.2, 0.25) is 0 Å². The average Bonchev–Trinajstić information content (AvgIpc) is 3.16. The van der Waals surface area contributed by atoms with Crippen LogP contribution in [-0.4, -0.2) is 11.1 Å². The summed E-state index contributed by atoms with van der Waals surface area (Å²) in [5, 5.41) is 9.60. The lowest BCUT2D eigenvalue weighted by atomic mass is 10.1. The zero-order valence-electron chi connectivity index (χ0n) is 13.8. The van der Waals surface area contributed by atoms with Gasteiger partial charge < -0.3 is 9.84 Å². The van der Waals surface area contributed by atoms with Gasteiger partial charge in [0, 0.05) is 23.2 Å². The molecule has 0 atom stereocenters. The van der Waals surface area contributed by atoms with E-state index in [1.165, 1.54) is 0 Å². The molecule has 1 amide bonds. The summed E-state index contributed by atoms with van der Waals surface area (Å²) < 4.78 is 5.36. The van der Waals surface area contributed by atoms with Crippen LogP contribution in [0.4, 0.5) is 0 Å². The molecule has 0 saturated carbocycles. The van der Waals surface area contributed by atoms with Crippen molar-refractivity contribution in [3.63, 3.8) is 0 Å². The Morgan fingerprint density at radius 2 is 1.81 bits per heavy atom. The summed E-state index contributed by atoms with van der Waals surface area (Å²) in [5.74, 6) is 0.268. The molecule has 0 unspecified atom stereocenters. The van der Waals surface area contributed by atoms with Gasteiger partial charge in [0.1, 0.15) is 0 Å². The quantitative estimate of drug-likeness (QED) is 0.551. The van der Waals surface area contributed by atoms with E-state index in [0.29, 0.717) is 17.3 Å². The Labute approximate surface area is 155 Å². The first-order valence-corrected chi connectivity index (χ1v) is 8.55. The minimum atomic E-state index is -0.291. The van der Waals surface area contributed by atoms with Crippen LogP contribution in [-0.2, 0) is 6.54 Å². The number of fused-ring (bicyclic) bond motifs is 1. The maximum absolute atomic E-state index is 12.3. The van der Waals surface area contributed by atoms with Gasteiger partial charge in [0.15, 0.2) is 11.5 Å². The monoisotopic (exact) mass is 362 g/mol. The number of rotatable bonds is 4. The SMILES string of the molecule is O=C(NCc1cccc(Cl)c1)c1cc(-c2ccc3ccccc3c2)on1. The molecule has 4 aromatic rings. The van der Waals surface area contributed by atoms with Gasteiger partial charge in [-0.1, -0.05) is 65.3 Å². The van der Waals surface area contributed by atoms with E-state index in [1.807, 2.05) is 60.7 Å². The van der Waals surface area contributed by atoms with Crippen molar-refractivity contribution < 1.29 is 9.32 Å². The normalized spacial score (nSPS) is 10.8. The Bertz CT molecular complexity index is 1090. The lowest BCUT2D eigenvalue weighted by Crippen LogP contribution is -2.22. The number of amides is 1. The molecule has 0 radical (unpaired) electrons. The van der Waals surface area contributed by atoms with E-state index in [4.69, 9.17) is 16.1 Å². The largest absolute Gasteiger partial charge is 0.355 e. The lowest BCUT2D eigenvalue weighted by molar-refractivity contribution is 0.0942. The van der Waals surface area contributed by atoms with Gasteiger partial charge in [-0.25, -0.2) is 0 Å². The molecule has 5 heteroatoms. The molecular formula is C21H15ClN2O2. The number of halogens is 1. The van der Waals surface area contributed by atoms with Crippen molar-refractivity contribution in [2.24, 2.45) is 0 Å². The second kappa shape index (κ2) is 7.02. The molecule has 0 saturated heterocycles. The van der Waals surface area contributed by atoms with Crippen LogP contribution in [0.15, 0.2) is 77.3 Å². The van der Waals surface area contributed by atoms with Gasteiger partial charge in [0.05, 0.1) is 0 Å². The molecule has 128 valence electrons. The Morgan fingerprint density at radius 1 is 0.962 bits per heavy atom. The number of hydrogen-bond donors (Lipinski definition) is 1. The molecule has 0 fully saturated rings. The number of carbonyl (C=O) groups excluding carboxylic acids is 1. The maximum Gasteiger partial charge on any atom is 0.273 e. The number of nitrogens with one attached hydrogen (secondary N) is 1. The van der Waals surface area contributed by atoms with Crippen LogP contribution in [0.5, 0.6) is 0 Å². The zero-order valence-corrected chi connectivity index (χ0v) is 14.5. The van der Waals surface area contributed by atoms with Crippen molar-refractivity contribution in [3.8, 4) is 11.3 Å². The van der Waals surface area contributed by atoms with Crippen LogP contribution >= 0.6 is 11.6 Å². The minimum absolute atomic E-state index is 0.246. The number of hydrogen-bond acceptors (Lipinski definition) is 3. The van der Waals surface area contributed by atoms with Gasteiger partial charge >= 0.3 is 0 Å². The topological polar surface area (TPSA) is 55.1 Å². The fraction of sp³-hybridized carbons (Fsp3) is 0.0476. The zero-order chi connectivity index (χ0) is 17.9. The average molecular weight is 363 g/mol. The molecule has 4 nitrogen and oxygen atoms in total. The molecule has 1 heterocycles. The Morgan fingerprint density at radius 3 is 2.65 bits per heavy atom. The molecule has 1 N–H and O–H groups in total. The van der Waals surface area contributed by atoms with Crippen LogP contribution in [0.25, 0.3) is 22.1 Å².